The van der Waals surface area contributed by atoms with Crippen LogP contribution in [0.15, 0.2) is 0 Å². The molecule has 0 aromatic heterocycles. The summed E-state index contributed by atoms with van der Waals surface area (Å²) in [5.41, 5.74) is -0.337. The maximum Gasteiger partial charge on any atom is 0.320 e. The first kappa shape index (κ1) is 19.9. The second-order valence-corrected chi connectivity index (χ2v) is 7.93. The Balaban J connectivity index is 3.27. The van der Waals surface area contributed by atoms with Gasteiger partial charge in [-0.25, -0.2) is 0 Å². The van der Waals surface area contributed by atoms with Crippen LogP contribution in [0.3, 0.4) is 0 Å². The van der Waals surface area contributed by atoms with E-state index in [0.717, 1.165) is 12.8 Å². The highest BCUT2D eigenvalue weighted by atomic mass is 16.4. The lowest BCUT2D eigenvalue weighted by Crippen LogP contribution is -2.66. The van der Waals surface area contributed by atoms with Gasteiger partial charge in [-0.15, -0.1) is 0 Å². The summed E-state index contributed by atoms with van der Waals surface area (Å²) in [4.78, 5) is 25.2. The average Bonchev–Trinajstić information content (AvgIpc) is 2.33. The third kappa shape index (κ3) is 4.91. The van der Waals surface area contributed by atoms with Crippen molar-refractivity contribution >= 4 is 11.9 Å². The van der Waals surface area contributed by atoms with Gasteiger partial charge < -0.3 is 15.5 Å². The number of hydrogen-bond acceptors (Lipinski definition) is 4. The van der Waals surface area contributed by atoms with E-state index in [1.54, 1.807) is 18.7 Å². The zero-order chi connectivity index (χ0) is 18.0. The molecule has 3 N–H and O–H groups in total. The molecule has 0 amide bonds. The van der Waals surface area contributed by atoms with E-state index in [4.69, 9.17) is 0 Å². The highest BCUT2D eigenvalue weighted by molar-refractivity contribution is 5.77. The summed E-state index contributed by atoms with van der Waals surface area (Å²) in [6.45, 7) is 11.9. The Labute approximate surface area is 139 Å². The third-order valence-electron chi connectivity index (χ3n) is 4.65. The lowest BCUT2D eigenvalue weighted by atomic mass is 9.78. The topological polar surface area (TPSA) is 89.9 Å². The lowest BCUT2D eigenvalue weighted by Gasteiger charge is -2.51. The molecule has 0 bridgehead atoms. The van der Waals surface area contributed by atoms with Crippen LogP contribution in [0.25, 0.3) is 0 Å². The van der Waals surface area contributed by atoms with Crippen LogP contribution in [0.5, 0.6) is 0 Å². The van der Waals surface area contributed by atoms with Crippen LogP contribution >= 0.6 is 0 Å². The second-order valence-electron chi connectivity index (χ2n) is 7.93. The molecular weight excluding hydrogens is 296 g/mol. The molecule has 0 saturated carbocycles. The van der Waals surface area contributed by atoms with Crippen LogP contribution in [0.1, 0.15) is 67.2 Å². The maximum absolute atomic E-state index is 11.7. The molecule has 1 fully saturated rings. The van der Waals surface area contributed by atoms with Crippen molar-refractivity contribution in [3.63, 3.8) is 0 Å². The van der Waals surface area contributed by atoms with Gasteiger partial charge in [0.2, 0.25) is 0 Å². The van der Waals surface area contributed by atoms with Gasteiger partial charge in [0.1, 0.15) is 12.1 Å². The Hall–Kier alpha value is -1.14. The summed E-state index contributed by atoms with van der Waals surface area (Å²) in [5.74, 6) is -1.89. The number of carboxylic acids is 2. The minimum Gasteiger partial charge on any atom is -0.480 e. The van der Waals surface area contributed by atoms with E-state index in [0.29, 0.717) is 12.8 Å². The van der Waals surface area contributed by atoms with E-state index in [9.17, 15) is 19.8 Å². The van der Waals surface area contributed by atoms with Gasteiger partial charge in [0.05, 0.1) is 0 Å². The number of aliphatic carboxylic acids is 2. The van der Waals surface area contributed by atoms with Crippen LogP contribution in [0.2, 0.25) is 0 Å². The van der Waals surface area contributed by atoms with Crippen molar-refractivity contribution in [2.75, 3.05) is 0 Å². The average molecular weight is 328 g/mol. The van der Waals surface area contributed by atoms with E-state index in [-0.39, 0.29) is 17.1 Å². The predicted octanol–water partition coefficient (Wildman–Crippen LogP) is 2.32. The first-order chi connectivity index (χ1) is 10.4. The third-order valence-corrected chi connectivity index (χ3v) is 4.65. The zero-order valence-corrected chi connectivity index (χ0v) is 15.2. The molecule has 1 rings (SSSR count). The summed E-state index contributed by atoms with van der Waals surface area (Å²) in [6.07, 6.45) is 2.24. The van der Waals surface area contributed by atoms with Crippen molar-refractivity contribution in [2.45, 2.75) is 96.4 Å². The van der Waals surface area contributed by atoms with Gasteiger partial charge >= 0.3 is 11.9 Å². The summed E-state index contributed by atoms with van der Waals surface area (Å²) in [5, 5.41) is 22.8. The van der Waals surface area contributed by atoms with Crippen LogP contribution < -0.4 is 5.32 Å². The second kappa shape index (κ2) is 7.18. The van der Waals surface area contributed by atoms with Gasteiger partial charge in [-0.2, -0.15) is 0 Å². The number of hydrogen-bond donors (Lipinski definition) is 3. The van der Waals surface area contributed by atoms with Gasteiger partial charge in [0.15, 0.2) is 0 Å². The largest absolute Gasteiger partial charge is 0.480 e. The fourth-order valence-corrected chi connectivity index (χ4v) is 4.23. The van der Waals surface area contributed by atoms with Gasteiger partial charge in [-0.3, -0.25) is 14.5 Å². The molecule has 6 nitrogen and oxygen atoms in total. The molecular formula is C17H32N2O4. The van der Waals surface area contributed by atoms with Crippen molar-refractivity contribution in [3.05, 3.63) is 0 Å². The molecule has 1 aliphatic rings. The fraction of sp³-hybridized carbons (Fsp3) is 0.882. The highest BCUT2D eigenvalue weighted by Gasteiger charge is 2.45. The normalized spacial score (nSPS) is 23.4. The number of nitrogens with one attached hydrogen (secondary N) is 1. The first-order valence-electron chi connectivity index (χ1n) is 8.46. The summed E-state index contributed by atoms with van der Waals surface area (Å²) >= 11 is 0. The lowest BCUT2D eigenvalue weighted by molar-refractivity contribution is -0.155. The van der Waals surface area contributed by atoms with Crippen molar-refractivity contribution < 1.29 is 19.8 Å². The first-order valence-corrected chi connectivity index (χ1v) is 8.46. The van der Waals surface area contributed by atoms with Crippen LogP contribution in [0, 0.1) is 0 Å². The van der Waals surface area contributed by atoms with E-state index in [2.05, 4.69) is 33.0 Å². The number of nitrogens with zero attached hydrogens (tertiary/aromatic N) is 1. The minimum atomic E-state index is -0.943. The highest BCUT2D eigenvalue weighted by Crippen LogP contribution is 2.34. The zero-order valence-electron chi connectivity index (χ0n) is 15.2. The molecule has 2 unspecified atom stereocenters. The number of piperidine rings is 1. The molecule has 1 aliphatic heterocycles. The quantitative estimate of drug-likeness (QED) is 0.664. The van der Waals surface area contributed by atoms with Crippen molar-refractivity contribution in [1.29, 1.82) is 0 Å². The van der Waals surface area contributed by atoms with Crippen LogP contribution in [-0.4, -0.2) is 56.3 Å². The van der Waals surface area contributed by atoms with E-state index >= 15 is 0 Å². The molecule has 23 heavy (non-hydrogen) atoms. The minimum absolute atomic E-state index is 0.0802. The van der Waals surface area contributed by atoms with Crippen molar-refractivity contribution in [2.24, 2.45) is 0 Å². The Kier molecular flexibility index (Phi) is 6.21. The molecule has 0 radical (unpaired) electrons. The molecule has 1 saturated heterocycles. The van der Waals surface area contributed by atoms with Gasteiger partial charge in [-0.1, -0.05) is 13.8 Å². The number of carboxylic acid groups (broad SMARTS) is 2. The summed E-state index contributed by atoms with van der Waals surface area (Å²) in [7, 11) is 0. The Morgan fingerprint density at radius 3 is 1.61 bits per heavy atom. The van der Waals surface area contributed by atoms with E-state index in [1.165, 1.54) is 0 Å². The Bertz CT molecular complexity index is 410. The summed E-state index contributed by atoms with van der Waals surface area (Å²) < 4.78 is 0. The molecule has 0 aromatic rings. The van der Waals surface area contributed by atoms with Gasteiger partial charge in [-0.05, 0) is 53.4 Å². The fourth-order valence-electron chi connectivity index (χ4n) is 4.23. The molecule has 1 heterocycles. The predicted molar refractivity (Wildman–Crippen MR) is 89.6 cm³/mol. The molecule has 134 valence electrons. The summed E-state index contributed by atoms with van der Waals surface area (Å²) in [6, 6.07) is -1.63. The standard InChI is InChI=1S/C17H32N2O4/c1-7-12(14(20)21)19(13(8-2)15(22)23)11-9-16(3,4)18-17(5,6)10-11/h11-13,18H,7-10H2,1-6H3,(H,20,21)(H,22,23). The van der Waals surface area contributed by atoms with E-state index in [1.807, 2.05) is 0 Å². The molecule has 6 heteroatoms. The molecule has 0 aromatic carbocycles. The van der Waals surface area contributed by atoms with Crippen molar-refractivity contribution in [3.8, 4) is 0 Å². The number of carbonyl (C=O) groups is 2. The van der Waals surface area contributed by atoms with Gasteiger partial charge in [0.25, 0.3) is 0 Å². The molecule has 0 spiro atoms. The Morgan fingerprint density at radius 2 is 1.35 bits per heavy atom. The molecule has 0 aliphatic carbocycles. The van der Waals surface area contributed by atoms with Gasteiger partial charge in [0, 0.05) is 17.1 Å². The monoisotopic (exact) mass is 328 g/mol. The van der Waals surface area contributed by atoms with Crippen LogP contribution in [0.4, 0.5) is 0 Å². The molecule has 2 atom stereocenters. The smallest absolute Gasteiger partial charge is 0.320 e. The van der Waals surface area contributed by atoms with E-state index < -0.39 is 24.0 Å². The van der Waals surface area contributed by atoms with Crippen molar-refractivity contribution in [1.82, 2.24) is 10.2 Å². The SMILES string of the molecule is CCC(C(=O)O)N(C1CC(C)(C)NC(C)(C)C1)C(CC)C(=O)O. The Morgan fingerprint density at radius 1 is 1.00 bits per heavy atom. The van der Waals surface area contributed by atoms with Crippen LogP contribution in [-0.2, 0) is 9.59 Å². The maximum atomic E-state index is 11.7. The number of rotatable bonds is 7.